The minimum Gasteiger partial charge on any atom is -0.508 e. The van der Waals surface area contributed by atoms with Gasteiger partial charge < -0.3 is 9.84 Å². The number of esters is 1. The Hall–Kier alpha value is -1.77. The molecule has 3 heteroatoms. The summed E-state index contributed by atoms with van der Waals surface area (Å²) in [6, 6.07) is 5.05. The summed E-state index contributed by atoms with van der Waals surface area (Å²) in [7, 11) is 1.39. The number of aromatic hydroxyl groups is 1. The predicted molar refractivity (Wildman–Crippen MR) is 104 cm³/mol. The summed E-state index contributed by atoms with van der Waals surface area (Å²) in [6.45, 7) is 9.50. The summed E-state index contributed by atoms with van der Waals surface area (Å²) in [6.07, 6.45) is 8.11. The van der Waals surface area contributed by atoms with Crippen molar-refractivity contribution in [2.75, 3.05) is 7.11 Å². The molecule has 1 aromatic rings. The first-order chi connectivity index (χ1) is 12.2. The number of ether oxygens (including phenoxy) is 1. The van der Waals surface area contributed by atoms with Crippen molar-refractivity contribution in [1.29, 1.82) is 0 Å². The second-order valence-electron chi connectivity index (χ2n) is 9.18. The Morgan fingerprint density at radius 3 is 2.69 bits per heavy atom. The number of fused-ring (bicyclic) bond motifs is 1. The van der Waals surface area contributed by atoms with Crippen LogP contribution in [0.4, 0.5) is 0 Å². The fraction of sp³-hybridized carbons (Fsp3) is 0.609. The molecule has 0 heterocycles. The van der Waals surface area contributed by atoms with Crippen LogP contribution in [0.5, 0.6) is 5.75 Å². The van der Waals surface area contributed by atoms with Crippen LogP contribution in [0.3, 0.4) is 0 Å². The van der Waals surface area contributed by atoms with E-state index in [-0.39, 0.29) is 17.1 Å². The van der Waals surface area contributed by atoms with Gasteiger partial charge in [0.2, 0.25) is 0 Å². The fourth-order valence-corrected chi connectivity index (χ4v) is 5.75. The van der Waals surface area contributed by atoms with Crippen molar-refractivity contribution in [1.82, 2.24) is 0 Å². The average molecular weight is 357 g/mol. The molecule has 0 saturated heterocycles. The first-order valence-corrected chi connectivity index (χ1v) is 9.76. The van der Waals surface area contributed by atoms with E-state index < -0.39 is 0 Å². The van der Waals surface area contributed by atoms with Gasteiger partial charge in [-0.3, -0.25) is 0 Å². The zero-order valence-corrected chi connectivity index (χ0v) is 16.8. The molecule has 142 valence electrons. The van der Waals surface area contributed by atoms with E-state index in [1.807, 2.05) is 0 Å². The van der Waals surface area contributed by atoms with Crippen molar-refractivity contribution in [3.63, 3.8) is 0 Å². The van der Waals surface area contributed by atoms with Gasteiger partial charge in [0.15, 0.2) is 0 Å². The number of hydrogen-bond donors (Lipinski definition) is 1. The third kappa shape index (κ3) is 3.17. The molecule has 2 aliphatic carbocycles. The second-order valence-corrected chi connectivity index (χ2v) is 9.18. The summed E-state index contributed by atoms with van der Waals surface area (Å²) < 4.78 is 4.84. The normalized spacial score (nSPS) is 30.3. The Morgan fingerprint density at radius 2 is 2.00 bits per heavy atom. The van der Waals surface area contributed by atoms with Gasteiger partial charge in [-0.05, 0) is 79.0 Å². The lowest BCUT2D eigenvalue weighted by Gasteiger charge is -2.57. The summed E-state index contributed by atoms with van der Waals surface area (Å²) >= 11 is 0. The maximum atomic E-state index is 11.9. The van der Waals surface area contributed by atoms with E-state index in [1.54, 1.807) is 18.2 Å². The molecule has 1 N–H and O–H groups in total. The highest BCUT2D eigenvalue weighted by atomic mass is 16.5. The maximum Gasteiger partial charge on any atom is 0.337 e. The van der Waals surface area contributed by atoms with Crippen LogP contribution in [-0.2, 0) is 11.2 Å². The number of phenolic OH excluding ortho intramolecular Hbond substituents is 1. The minimum atomic E-state index is -0.356. The number of allylic oxidation sites excluding steroid dienone is 2. The van der Waals surface area contributed by atoms with Gasteiger partial charge in [-0.1, -0.05) is 38.8 Å². The van der Waals surface area contributed by atoms with E-state index in [0.29, 0.717) is 22.8 Å². The number of hydrogen-bond acceptors (Lipinski definition) is 3. The highest BCUT2D eigenvalue weighted by molar-refractivity contribution is 5.89. The number of carbonyl (C=O) groups excluding carboxylic acids is 1. The molecule has 1 saturated carbocycles. The topological polar surface area (TPSA) is 46.5 Å². The third-order valence-electron chi connectivity index (χ3n) is 7.22. The van der Waals surface area contributed by atoms with Crippen LogP contribution in [0, 0.1) is 22.7 Å². The van der Waals surface area contributed by atoms with Crippen molar-refractivity contribution >= 4 is 5.97 Å². The molecule has 3 rings (SSSR count). The fourth-order valence-electron chi connectivity index (χ4n) is 5.75. The Kier molecular flexibility index (Phi) is 4.94. The number of phenols is 1. The number of carbonyl (C=O) groups is 1. The van der Waals surface area contributed by atoms with Gasteiger partial charge in [0.25, 0.3) is 0 Å². The van der Waals surface area contributed by atoms with E-state index >= 15 is 0 Å². The Morgan fingerprint density at radius 1 is 1.27 bits per heavy atom. The van der Waals surface area contributed by atoms with Gasteiger partial charge in [0.05, 0.1) is 12.7 Å². The molecule has 3 atom stereocenters. The van der Waals surface area contributed by atoms with Gasteiger partial charge in [-0.25, -0.2) is 4.79 Å². The van der Waals surface area contributed by atoms with Crippen LogP contribution in [0.25, 0.3) is 0 Å². The molecule has 0 bridgehead atoms. The minimum absolute atomic E-state index is 0.230. The van der Waals surface area contributed by atoms with Gasteiger partial charge in [-0.15, -0.1) is 0 Å². The maximum absolute atomic E-state index is 11.9. The quantitative estimate of drug-likeness (QED) is 0.573. The Labute approximate surface area is 157 Å². The number of methoxy groups -OCH3 is 1. The lowest BCUT2D eigenvalue weighted by molar-refractivity contribution is -0.0369. The molecule has 26 heavy (non-hydrogen) atoms. The molecule has 0 aliphatic heterocycles. The summed E-state index contributed by atoms with van der Waals surface area (Å²) in [5, 5.41) is 10.4. The highest BCUT2D eigenvalue weighted by Gasteiger charge is 2.51. The van der Waals surface area contributed by atoms with Crippen molar-refractivity contribution in [2.45, 2.75) is 59.8 Å². The highest BCUT2D eigenvalue weighted by Crippen LogP contribution is 2.60. The Balaban J connectivity index is 1.97. The van der Waals surface area contributed by atoms with Crippen LogP contribution in [0.2, 0.25) is 0 Å². The zero-order valence-electron chi connectivity index (χ0n) is 16.8. The zero-order chi connectivity index (χ0) is 19.1. The first kappa shape index (κ1) is 19.0. The van der Waals surface area contributed by atoms with E-state index in [1.165, 1.54) is 31.9 Å². The van der Waals surface area contributed by atoms with Gasteiger partial charge in [-0.2, -0.15) is 0 Å². The summed E-state index contributed by atoms with van der Waals surface area (Å²) in [5.74, 6) is 0.958. The van der Waals surface area contributed by atoms with Crippen molar-refractivity contribution < 1.29 is 14.6 Å². The lowest BCUT2D eigenvalue weighted by atomic mass is 9.48. The molecule has 0 aromatic heterocycles. The standard InChI is InChI=1S/C23H32O3/c1-15-7-10-20-22(2,3)11-6-12-23(20,4)18(15)14-17-13-16(21(25)26-5)8-9-19(17)24/h7-9,13,18,20,24H,6,10-12,14H2,1-5H3. The van der Waals surface area contributed by atoms with E-state index in [4.69, 9.17) is 4.74 Å². The van der Waals surface area contributed by atoms with Gasteiger partial charge >= 0.3 is 5.97 Å². The lowest BCUT2D eigenvalue weighted by Crippen LogP contribution is -2.49. The molecule has 0 spiro atoms. The van der Waals surface area contributed by atoms with E-state index in [2.05, 4.69) is 33.8 Å². The largest absolute Gasteiger partial charge is 0.508 e. The smallest absolute Gasteiger partial charge is 0.337 e. The van der Waals surface area contributed by atoms with Crippen LogP contribution < -0.4 is 0 Å². The molecule has 0 radical (unpaired) electrons. The molecular formula is C23H32O3. The first-order valence-electron chi connectivity index (χ1n) is 9.76. The molecular weight excluding hydrogens is 324 g/mol. The number of benzene rings is 1. The summed E-state index contributed by atoms with van der Waals surface area (Å²) in [4.78, 5) is 11.9. The monoisotopic (exact) mass is 356 g/mol. The molecule has 2 aliphatic rings. The molecule has 1 fully saturated rings. The average Bonchev–Trinajstić information content (AvgIpc) is 2.58. The van der Waals surface area contributed by atoms with Gasteiger partial charge in [0.1, 0.15) is 5.75 Å². The van der Waals surface area contributed by atoms with E-state index in [9.17, 15) is 9.90 Å². The molecule has 3 nitrogen and oxygen atoms in total. The van der Waals surface area contributed by atoms with Crippen LogP contribution in [0.1, 0.15) is 69.3 Å². The third-order valence-corrected chi connectivity index (χ3v) is 7.22. The van der Waals surface area contributed by atoms with Gasteiger partial charge in [0, 0.05) is 0 Å². The van der Waals surface area contributed by atoms with Crippen LogP contribution >= 0.6 is 0 Å². The summed E-state index contributed by atoms with van der Waals surface area (Å²) in [5.41, 5.74) is 3.34. The molecule has 0 amide bonds. The Bertz CT molecular complexity index is 731. The van der Waals surface area contributed by atoms with Crippen molar-refractivity contribution in [2.24, 2.45) is 22.7 Å². The SMILES string of the molecule is COC(=O)c1ccc(O)c(CC2C(C)=CCC3C(C)(C)CCCC23C)c1. The van der Waals surface area contributed by atoms with Crippen molar-refractivity contribution in [3.8, 4) is 5.75 Å². The van der Waals surface area contributed by atoms with Crippen LogP contribution in [0.15, 0.2) is 29.8 Å². The molecule has 3 unspecified atom stereocenters. The molecule has 1 aromatic carbocycles. The number of rotatable bonds is 3. The van der Waals surface area contributed by atoms with Crippen LogP contribution in [-0.4, -0.2) is 18.2 Å². The predicted octanol–water partition coefficient (Wildman–Crippen LogP) is 5.52. The van der Waals surface area contributed by atoms with E-state index in [0.717, 1.165) is 18.4 Å². The second kappa shape index (κ2) is 6.75. The van der Waals surface area contributed by atoms with Crippen molar-refractivity contribution in [3.05, 3.63) is 41.0 Å².